The van der Waals surface area contributed by atoms with Crippen LogP contribution in [0, 0.1) is 5.92 Å². The van der Waals surface area contributed by atoms with Gasteiger partial charge in [0.2, 0.25) is 5.91 Å². The van der Waals surface area contributed by atoms with Gasteiger partial charge in [-0.15, -0.1) is 0 Å². The number of nitrogens with zero attached hydrogens (tertiary/aromatic N) is 1. The Morgan fingerprint density at radius 1 is 1.32 bits per heavy atom. The number of carbonyl (C=O) groups is 1. The Morgan fingerprint density at radius 2 is 2.05 bits per heavy atom. The molecule has 0 radical (unpaired) electrons. The fourth-order valence-corrected chi connectivity index (χ4v) is 2.46. The normalized spacial score (nSPS) is 23.2. The molecule has 2 fully saturated rings. The highest BCUT2D eigenvalue weighted by molar-refractivity contribution is 5.81. The van der Waals surface area contributed by atoms with Gasteiger partial charge in [-0.3, -0.25) is 4.79 Å². The minimum absolute atomic E-state index is 0.0117. The summed E-state index contributed by atoms with van der Waals surface area (Å²) in [6.45, 7) is 2.01. The van der Waals surface area contributed by atoms with Gasteiger partial charge in [0.15, 0.2) is 0 Å². The maximum absolute atomic E-state index is 12.1. The summed E-state index contributed by atoms with van der Waals surface area (Å²) in [5, 5.41) is 0. The fraction of sp³-hybridized carbons (Fsp3) is 0.533. The quantitative estimate of drug-likeness (QED) is 0.835. The summed E-state index contributed by atoms with van der Waals surface area (Å²) in [7, 11) is 1.65. The summed E-state index contributed by atoms with van der Waals surface area (Å²) < 4.78 is 10.9. The molecule has 4 heteroatoms. The van der Waals surface area contributed by atoms with Crippen LogP contribution in [0.25, 0.3) is 0 Å². The van der Waals surface area contributed by atoms with Crippen molar-refractivity contribution >= 4 is 5.91 Å². The molecule has 19 heavy (non-hydrogen) atoms. The molecule has 2 aliphatic rings. The highest BCUT2D eigenvalue weighted by atomic mass is 16.5. The second-order valence-corrected chi connectivity index (χ2v) is 5.19. The molecule has 1 aliphatic carbocycles. The molecular weight excluding hydrogens is 242 g/mol. The van der Waals surface area contributed by atoms with Crippen LogP contribution < -0.4 is 4.74 Å². The average molecular weight is 261 g/mol. The van der Waals surface area contributed by atoms with Gasteiger partial charge < -0.3 is 14.4 Å². The zero-order valence-corrected chi connectivity index (χ0v) is 11.2. The zero-order valence-electron chi connectivity index (χ0n) is 11.2. The van der Waals surface area contributed by atoms with Crippen molar-refractivity contribution in [2.45, 2.75) is 18.9 Å². The van der Waals surface area contributed by atoms with Gasteiger partial charge in [0.25, 0.3) is 0 Å². The third kappa shape index (κ3) is 2.73. The molecule has 1 aliphatic heterocycles. The molecule has 1 atom stereocenters. The minimum Gasteiger partial charge on any atom is -0.497 e. The lowest BCUT2D eigenvalue weighted by molar-refractivity contribution is -0.140. The van der Waals surface area contributed by atoms with E-state index in [4.69, 9.17) is 9.47 Å². The van der Waals surface area contributed by atoms with E-state index in [1.807, 2.05) is 29.2 Å². The Hall–Kier alpha value is -1.55. The number of hydrogen-bond acceptors (Lipinski definition) is 3. The van der Waals surface area contributed by atoms with Crippen molar-refractivity contribution in [2.75, 3.05) is 26.8 Å². The Morgan fingerprint density at radius 3 is 2.68 bits per heavy atom. The van der Waals surface area contributed by atoms with Crippen LogP contribution in [0.1, 0.15) is 24.5 Å². The minimum atomic E-state index is -0.0117. The fourth-order valence-electron chi connectivity index (χ4n) is 2.46. The van der Waals surface area contributed by atoms with Crippen molar-refractivity contribution < 1.29 is 14.3 Å². The van der Waals surface area contributed by atoms with Gasteiger partial charge in [-0.1, -0.05) is 12.1 Å². The van der Waals surface area contributed by atoms with Crippen molar-refractivity contribution in [3.05, 3.63) is 29.8 Å². The molecule has 3 rings (SSSR count). The Balaban J connectivity index is 1.67. The number of morpholine rings is 1. The van der Waals surface area contributed by atoms with Gasteiger partial charge in [-0.05, 0) is 30.5 Å². The maximum atomic E-state index is 12.1. The smallest absolute Gasteiger partial charge is 0.225 e. The first kappa shape index (κ1) is 12.5. The number of amides is 1. The van der Waals surface area contributed by atoms with E-state index in [9.17, 15) is 4.79 Å². The van der Waals surface area contributed by atoms with E-state index in [0.717, 1.165) is 30.7 Å². The highest BCUT2D eigenvalue weighted by Gasteiger charge is 2.35. The molecule has 4 nitrogen and oxygen atoms in total. The van der Waals surface area contributed by atoms with Crippen molar-refractivity contribution in [3.8, 4) is 5.75 Å². The molecule has 1 amide bonds. The average Bonchev–Trinajstić information content (AvgIpc) is 3.31. The molecule has 0 N–H and O–H groups in total. The third-order valence-corrected chi connectivity index (χ3v) is 3.79. The van der Waals surface area contributed by atoms with Crippen molar-refractivity contribution in [2.24, 2.45) is 5.92 Å². The standard InChI is InChI=1S/C15H19NO3/c1-18-13-6-4-11(5-7-13)14-10-16(8-9-19-14)15(17)12-2-3-12/h4-7,12,14H,2-3,8-10H2,1H3. The molecule has 1 saturated carbocycles. The van der Waals surface area contributed by atoms with Gasteiger partial charge in [0, 0.05) is 12.5 Å². The molecule has 102 valence electrons. The van der Waals surface area contributed by atoms with Crippen LogP contribution in [0.4, 0.5) is 0 Å². The summed E-state index contributed by atoms with van der Waals surface area (Å²) in [6.07, 6.45) is 2.11. The van der Waals surface area contributed by atoms with E-state index >= 15 is 0 Å². The first-order valence-corrected chi connectivity index (χ1v) is 6.82. The topological polar surface area (TPSA) is 38.8 Å². The number of benzene rings is 1. The molecule has 1 aromatic carbocycles. The van der Waals surface area contributed by atoms with Crippen molar-refractivity contribution in [1.29, 1.82) is 0 Å². The molecule has 0 aromatic heterocycles. The number of rotatable bonds is 3. The van der Waals surface area contributed by atoms with Crippen LogP contribution in [-0.2, 0) is 9.53 Å². The largest absolute Gasteiger partial charge is 0.497 e. The van der Waals surface area contributed by atoms with Crippen molar-refractivity contribution in [1.82, 2.24) is 4.90 Å². The Labute approximate surface area is 113 Å². The Kier molecular flexibility index (Phi) is 3.42. The van der Waals surface area contributed by atoms with E-state index in [0.29, 0.717) is 19.1 Å². The third-order valence-electron chi connectivity index (χ3n) is 3.79. The number of hydrogen-bond donors (Lipinski definition) is 0. The van der Waals surface area contributed by atoms with Crippen LogP contribution >= 0.6 is 0 Å². The lowest BCUT2D eigenvalue weighted by Gasteiger charge is -2.33. The summed E-state index contributed by atoms with van der Waals surface area (Å²) in [5.74, 6) is 1.43. The van der Waals surface area contributed by atoms with E-state index in [1.165, 1.54) is 0 Å². The van der Waals surface area contributed by atoms with Gasteiger partial charge in [-0.25, -0.2) is 0 Å². The van der Waals surface area contributed by atoms with Crippen LogP contribution in [0.5, 0.6) is 5.75 Å². The monoisotopic (exact) mass is 261 g/mol. The first-order valence-electron chi connectivity index (χ1n) is 6.82. The van der Waals surface area contributed by atoms with Gasteiger partial charge in [0.1, 0.15) is 11.9 Å². The Bertz CT molecular complexity index is 453. The number of carbonyl (C=O) groups excluding carboxylic acids is 1. The summed E-state index contributed by atoms with van der Waals surface area (Å²) >= 11 is 0. The van der Waals surface area contributed by atoms with Gasteiger partial charge in [0.05, 0.1) is 20.3 Å². The molecular formula is C15H19NO3. The second-order valence-electron chi connectivity index (χ2n) is 5.19. The first-order chi connectivity index (χ1) is 9.28. The summed E-state index contributed by atoms with van der Waals surface area (Å²) in [6, 6.07) is 7.88. The van der Waals surface area contributed by atoms with E-state index < -0.39 is 0 Å². The van der Waals surface area contributed by atoms with Crippen molar-refractivity contribution in [3.63, 3.8) is 0 Å². The number of methoxy groups -OCH3 is 1. The predicted molar refractivity (Wildman–Crippen MR) is 71.0 cm³/mol. The summed E-state index contributed by atoms with van der Waals surface area (Å²) in [5.41, 5.74) is 1.11. The lowest BCUT2D eigenvalue weighted by atomic mass is 10.1. The summed E-state index contributed by atoms with van der Waals surface area (Å²) in [4.78, 5) is 14.0. The van der Waals surface area contributed by atoms with Crippen LogP contribution in [0.2, 0.25) is 0 Å². The lowest BCUT2D eigenvalue weighted by Crippen LogP contribution is -2.42. The molecule has 0 bridgehead atoms. The van der Waals surface area contributed by atoms with Crippen LogP contribution in [0.15, 0.2) is 24.3 Å². The predicted octanol–water partition coefficient (Wildman–Crippen LogP) is 2.01. The second kappa shape index (κ2) is 5.21. The zero-order chi connectivity index (χ0) is 13.2. The molecule has 0 spiro atoms. The van der Waals surface area contributed by atoms with Crippen LogP contribution in [-0.4, -0.2) is 37.6 Å². The SMILES string of the molecule is COc1ccc(C2CN(C(=O)C3CC3)CCO2)cc1. The molecule has 1 saturated heterocycles. The molecule has 1 unspecified atom stereocenters. The maximum Gasteiger partial charge on any atom is 0.225 e. The van der Waals surface area contributed by atoms with Crippen LogP contribution in [0.3, 0.4) is 0 Å². The number of ether oxygens (including phenoxy) is 2. The van der Waals surface area contributed by atoms with E-state index in [1.54, 1.807) is 7.11 Å². The highest BCUT2D eigenvalue weighted by Crippen LogP contribution is 2.33. The van der Waals surface area contributed by atoms with E-state index in [2.05, 4.69) is 0 Å². The molecule has 1 heterocycles. The molecule has 1 aromatic rings. The van der Waals surface area contributed by atoms with Gasteiger partial charge in [-0.2, -0.15) is 0 Å². The van der Waals surface area contributed by atoms with Gasteiger partial charge >= 0.3 is 0 Å². The van der Waals surface area contributed by atoms with E-state index in [-0.39, 0.29) is 12.0 Å².